The number of ether oxygens (including phenoxy) is 1. The van der Waals surface area contributed by atoms with Gasteiger partial charge in [-0.25, -0.2) is 0 Å². The lowest BCUT2D eigenvalue weighted by molar-refractivity contribution is 0.0946. The van der Waals surface area contributed by atoms with Crippen molar-refractivity contribution in [2.45, 2.75) is 33.1 Å². The van der Waals surface area contributed by atoms with Gasteiger partial charge in [-0.2, -0.15) is 0 Å². The minimum absolute atomic E-state index is 0.0715. The molecule has 0 radical (unpaired) electrons. The maximum atomic E-state index is 12.2. The van der Waals surface area contributed by atoms with Crippen molar-refractivity contribution in [2.24, 2.45) is 11.8 Å². The van der Waals surface area contributed by atoms with Crippen LogP contribution in [0.3, 0.4) is 0 Å². The normalized spacial score (nSPS) is 21.7. The topological polar surface area (TPSA) is 64.3 Å². The van der Waals surface area contributed by atoms with Gasteiger partial charge in [0.2, 0.25) is 0 Å². The molecule has 20 heavy (non-hydrogen) atoms. The van der Waals surface area contributed by atoms with Crippen molar-refractivity contribution in [3.8, 4) is 5.75 Å². The molecule has 1 aliphatic rings. The quantitative estimate of drug-likeness (QED) is 0.813. The molecule has 4 heteroatoms. The summed E-state index contributed by atoms with van der Waals surface area (Å²) in [7, 11) is 0. The van der Waals surface area contributed by atoms with E-state index in [0.717, 1.165) is 12.5 Å². The second-order valence-corrected chi connectivity index (χ2v) is 5.72. The maximum Gasteiger partial charge on any atom is 0.251 e. The summed E-state index contributed by atoms with van der Waals surface area (Å²) in [5.74, 6) is 1.97. The number of hydrogen-bond acceptors (Lipinski definition) is 3. The Balaban J connectivity index is 1.94. The molecule has 1 saturated carbocycles. The molecule has 2 atom stereocenters. The fourth-order valence-corrected chi connectivity index (χ4v) is 2.85. The minimum Gasteiger partial charge on any atom is -0.494 e. The highest BCUT2D eigenvalue weighted by Gasteiger charge is 2.21. The lowest BCUT2D eigenvalue weighted by Gasteiger charge is -2.12. The van der Waals surface area contributed by atoms with Gasteiger partial charge in [-0.1, -0.05) is 13.3 Å². The number of anilines is 1. The summed E-state index contributed by atoms with van der Waals surface area (Å²) in [4.78, 5) is 12.2. The second kappa shape index (κ2) is 6.64. The average molecular weight is 276 g/mol. The summed E-state index contributed by atoms with van der Waals surface area (Å²) in [6.45, 7) is 5.49. The molecule has 1 fully saturated rings. The lowest BCUT2D eigenvalue weighted by Crippen LogP contribution is -2.28. The molecular weight excluding hydrogens is 252 g/mol. The van der Waals surface area contributed by atoms with E-state index < -0.39 is 0 Å². The minimum atomic E-state index is -0.0715. The van der Waals surface area contributed by atoms with Gasteiger partial charge in [0.1, 0.15) is 5.75 Å². The van der Waals surface area contributed by atoms with Gasteiger partial charge >= 0.3 is 0 Å². The molecule has 1 aliphatic carbocycles. The standard InChI is InChI=1S/C16H24N2O2/c1-3-20-15-8-13(7-14(17)9-15)16(19)18-10-12-5-4-11(2)6-12/h7-9,11-12H,3-6,10,17H2,1-2H3,(H,18,19). The molecule has 110 valence electrons. The van der Waals surface area contributed by atoms with E-state index in [1.807, 2.05) is 6.92 Å². The zero-order valence-corrected chi connectivity index (χ0v) is 12.3. The van der Waals surface area contributed by atoms with Gasteiger partial charge in [-0.05, 0) is 43.7 Å². The van der Waals surface area contributed by atoms with E-state index in [0.29, 0.717) is 29.5 Å². The summed E-state index contributed by atoms with van der Waals surface area (Å²) >= 11 is 0. The van der Waals surface area contributed by atoms with Crippen molar-refractivity contribution in [2.75, 3.05) is 18.9 Å². The van der Waals surface area contributed by atoms with Crippen LogP contribution in [0, 0.1) is 11.8 Å². The lowest BCUT2D eigenvalue weighted by atomic mass is 10.1. The van der Waals surface area contributed by atoms with Crippen LogP contribution in [-0.2, 0) is 0 Å². The smallest absolute Gasteiger partial charge is 0.251 e. The number of rotatable bonds is 5. The van der Waals surface area contributed by atoms with Crippen LogP contribution in [0.1, 0.15) is 43.5 Å². The Hall–Kier alpha value is -1.71. The van der Waals surface area contributed by atoms with Crippen molar-refractivity contribution in [3.63, 3.8) is 0 Å². The first-order valence-corrected chi connectivity index (χ1v) is 7.40. The Morgan fingerprint density at radius 1 is 1.40 bits per heavy atom. The van der Waals surface area contributed by atoms with Gasteiger partial charge < -0.3 is 15.8 Å². The molecule has 1 aromatic carbocycles. The van der Waals surface area contributed by atoms with Crippen LogP contribution in [-0.4, -0.2) is 19.1 Å². The molecule has 0 spiro atoms. The molecule has 0 aliphatic heterocycles. The summed E-state index contributed by atoms with van der Waals surface area (Å²) in [6, 6.07) is 5.17. The van der Waals surface area contributed by atoms with Crippen molar-refractivity contribution >= 4 is 11.6 Å². The monoisotopic (exact) mass is 276 g/mol. The van der Waals surface area contributed by atoms with Crippen molar-refractivity contribution in [1.82, 2.24) is 5.32 Å². The van der Waals surface area contributed by atoms with Crippen LogP contribution < -0.4 is 15.8 Å². The number of amides is 1. The third kappa shape index (κ3) is 3.89. The number of carbonyl (C=O) groups excluding carboxylic acids is 1. The molecule has 0 saturated heterocycles. The van der Waals surface area contributed by atoms with E-state index in [-0.39, 0.29) is 5.91 Å². The first-order valence-electron chi connectivity index (χ1n) is 7.40. The van der Waals surface area contributed by atoms with E-state index >= 15 is 0 Å². The van der Waals surface area contributed by atoms with Crippen LogP contribution in [0.4, 0.5) is 5.69 Å². The predicted molar refractivity (Wildman–Crippen MR) is 80.9 cm³/mol. The fourth-order valence-electron chi connectivity index (χ4n) is 2.85. The van der Waals surface area contributed by atoms with Gasteiger partial charge in [0, 0.05) is 23.9 Å². The first kappa shape index (κ1) is 14.7. The second-order valence-electron chi connectivity index (χ2n) is 5.72. The van der Waals surface area contributed by atoms with Crippen molar-refractivity contribution < 1.29 is 9.53 Å². The Bertz CT molecular complexity index is 474. The van der Waals surface area contributed by atoms with E-state index in [4.69, 9.17) is 10.5 Å². The molecule has 4 nitrogen and oxygen atoms in total. The molecule has 3 N–H and O–H groups in total. The highest BCUT2D eigenvalue weighted by atomic mass is 16.5. The highest BCUT2D eigenvalue weighted by Crippen LogP contribution is 2.29. The van der Waals surface area contributed by atoms with Gasteiger partial charge in [-0.3, -0.25) is 4.79 Å². The molecule has 2 unspecified atom stereocenters. The van der Waals surface area contributed by atoms with E-state index in [2.05, 4.69) is 12.2 Å². The van der Waals surface area contributed by atoms with Gasteiger partial charge in [0.25, 0.3) is 5.91 Å². The molecular formula is C16H24N2O2. The molecule has 0 aromatic heterocycles. The summed E-state index contributed by atoms with van der Waals surface area (Å²) < 4.78 is 5.41. The van der Waals surface area contributed by atoms with Gasteiger partial charge in [0.15, 0.2) is 0 Å². The van der Waals surface area contributed by atoms with Crippen LogP contribution in [0.15, 0.2) is 18.2 Å². The SMILES string of the molecule is CCOc1cc(N)cc(C(=O)NCC2CCC(C)C2)c1. The molecule has 2 rings (SSSR count). The average Bonchev–Trinajstić information content (AvgIpc) is 2.81. The summed E-state index contributed by atoms with van der Waals surface area (Å²) in [6.07, 6.45) is 3.69. The van der Waals surface area contributed by atoms with E-state index in [9.17, 15) is 4.79 Å². The maximum absolute atomic E-state index is 12.2. The third-order valence-electron chi connectivity index (χ3n) is 3.86. The zero-order chi connectivity index (χ0) is 14.5. The van der Waals surface area contributed by atoms with Crippen molar-refractivity contribution in [3.05, 3.63) is 23.8 Å². The Labute approximate surface area is 120 Å². The number of benzene rings is 1. The van der Waals surface area contributed by atoms with Crippen molar-refractivity contribution in [1.29, 1.82) is 0 Å². The van der Waals surface area contributed by atoms with E-state index in [1.54, 1.807) is 18.2 Å². The Morgan fingerprint density at radius 3 is 2.85 bits per heavy atom. The molecule has 1 aromatic rings. The predicted octanol–water partition coefficient (Wildman–Crippen LogP) is 2.83. The number of hydrogen-bond donors (Lipinski definition) is 2. The van der Waals surface area contributed by atoms with Crippen LogP contribution >= 0.6 is 0 Å². The number of nitrogens with two attached hydrogens (primary N) is 1. The number of nitrogens with one attached hydrogen (secondary N) is 1. The zero-order valence-electron chi connectivity index (χ0n) is 12.3. The highest BCUT2D eigenvalue weighted by molar-refractivity contribution is 5.95. The summed E-state index contributed by atoms with van der Waals surface area (Å²) in [5.41, 5.74) is 6.92. The first-order chi connectivity index (χ1) is 9.58. The fraction of sp³-hybridized carbons (Fsp3) is 0.562. The van der Waals surface area contributed by atoms with Crippen LogP contribution in [0.25, 0.3) is 0 Å². The molecule has 0 heterocycles. The molecule has 0 bridgehead atoms. The van der Waals surface area contributed by atoms with Crippen LogP contribution in [0.2, 0.25) is 0 Å². The number of nitrogen functional groups attached to an aromatic ring is 1. The van der Waals surface area contributed by atoms with Gasteiger partial charge in [0.05, 0.1) is 6.61 Å². The Kier molecular flexibility index (Phi) is 4.88. The van der Waals surface area contributed by atoms with Gasteiger partial charge in [-0.15, -0.1) is 0 Å². The molecule has 1 amide bonds. The third-order valence-corrected chi connectivity index (χ3v) is 3.86. The number of carbonyl (C=O) groups is 1. The largest absolute Gasteiger partial charge is 0.494 e. The summed E-state index contributed by atoms with van der Waals surface area (Å²) in [5, 5.41) is 3.01. The Morgan fingerprint density at radius 2 is 2.20 bits per heavy atom. The van der Waals surface area contributed by atoms with E-state index in [1.165, 1.54) is 19.3 Å². The van der Waals surface area contributed by atoms with Crippen LogP contribution in [0.5, 0.6) is 5.75 Å².